The molecule has 2 heterocycles. The molecule has 2 saturated heterocycles. The summed E-state index contributed by atoms with van der Waals surface area (Å²) in [5.41, 5.74) is 1.32. The van der Waals surface area contributed by atoms with Gasteiger partial charge in [-0.3, -0.25) is 9.80 Å². The third-order valence-electron chi connectivity index (χ3n) is 6.09. The van der Waals surface area contributed by atoms with Crippen LogP contribution < -0.4 is 0 Å². The Balaban J connectivity index is 1.57. The van der Waals surface area contributed by atoms with E-state index in [1.54, 1.807) is 0 Å². The van der Waals surface area contributed by atoms with Crippen molar-refractivity contribution in [2.45, 2.75) is 57.8 Å². The molecule has 0 bridgehead atoms. The number of aliphatic hydroxyl groups is 1. The number of rotatable bonds is 6. The molecule has 1 N–H and O–H groups in total. The SMILES string of the molecule is CC(C)N1CCC(N2CCN(Cc3ccc(Cl)cc3)C[C@@H]2CCO)CC1. The zero-order chi connectivity index (χ0) is 18.5. The predicted octanol–water partition coefficient (Wildman–Crippen LogP) is 3.08. The summed E-state index contributed by atoms with van der Waals surface area (Å²) < 4.78 is 0. The summed E-state index contributed by atoms with van der Waals surface area (Å²) in [6, 6.07) is 9.99. The summed E-state index contributed by atoms with van der Waals surface area (Å²) in [6.07, 6.45) is 3.40. The van der Waals surface area contributed by atoms with Gasteiger partial charge in [0.1, 0.15) is 0 Å². The van der Waals surface area contributed by atoms with E-state index < -0.39 is 0 Å². The Labute approximate surface area is 163 Å². The maximum Gasteiger partial charge on any atom is 0.0446 e. The van der Waals surface area contributed by atoms with E-state index in [-0.39, 0.29) is 6.61 Å². The van der Waals surface area contributed by atoms with Crippen LogP contribution in [0.4, 0.5) is 0 Å². The fraction of sp³-hybridized carbons (Fsp3) is 0.714. The van der Waals surface area contributed by atoms with Crippen molar-refractivity contribution in [3.63, 3.8) is 0 Å². The molecule has 0 saturated carbocycles. The second-order valence-electron chi connectivity index (χ2n) is 8.13. The van der Waals surface area contributed by atoms with Gasteiger partial charge in [0.25, 0.3) is 0 Å². The molecule has 2 fully saturated rings. The van der Waals surface area contributed by atoms with Crippen LogP contribution in [0.2, 0.25) is 5.02 Å². The topological polar surface area (TPSA) is 30.0 Å². The lowest BCUT2D eigenvalue weighted by molar-refractivity contribution is -0.0000288. The molecule has 3 rings (SSSR count). The highest BCUT2D eigenvalue weighted by molar-refractivity contribution is 6.30. The Morgan fingerprint density at radius 3 is 2.38 bits per heavy atom. The third kappa shape index (κ3) is 5.20. The van der Waals surface area contributed by atoms with Crippen LogP contribution in [-0.2, 0) is 6.54 Å². The molecule has 5 heteroatoms. The van der Waals surface area contributed by atoms with Crippen LogP contribution in [0.25, 0.3) is 0 Å². The molecule has 26 heavy (non-hydrogen) atoms. The Morgan fingerprint density at radius 1 is 1.08 bits per heavy atom. The van der Waals surface area contributed by atoms with Gasteiger partial charge in [-0.1, -0.05) is 23.7 Å². The summed E-state index contributed by atoms with van der Waals surface area (Å²) in [7, 11) is 0. The monoisotopic (exact) mass is 379 g/mol. The average molecular weight is 380 g/mol. The molecule has 0 spiro atoms. The molecule has 0 unspecified atom stereocenters. The summed E-state index contributed by atoms with van der Waals surface area (Å²) in [5.74, 6) is 0. The minimum Gasteiger partial charge on any atom is -0.396 e. The molecule has 0 radical (unpaired) electrons. The first-order valence-electron chi connectivity index (χ1n) is 10.1. The maximum atomic E-state index is 9.59. The van der Waals surface area contributed by atoms with E-state index in [0.717, 1.165) is 37.6 Å². The lowest BCUT2D eigenvalue weighted by Gasteiger charge is -2.48. The Bertz CT molecular complexity index is 543. The Morgan fingerprint density at radius 2 is 1.77 bits per heavy atom. The van der Waals surface area contributed by atoms with Crippen LogP contribution in [0.15, 0.2) is 24.3 Å². The van der Waals surface area contributed by atoms with Gasteiger partial charge in [0, 0.05) is 55.9 Å². The van der Waals surface area contributed by atoms with Crippen LogP contribution in [0.1, 0.15) is 38.7 Å². The Hall–Kier alpha value is -0.650. The van der Waals surface area contributed by atoms with Gasteiger partial charge < -0.3 is 10.0 Å². The summed E-state index contributed by atoms with van der Waals surface area (Å²) in [5, 5.41) is 10.4. The first-order valence-corrected chi connectivity index (χ1v) is 10.5. The lowest BCUT2D eigenvalue weighted by Crippen LogP contribution is -2.58. The normalized spacial score (nSPS) is 24.4. The fourth-order valence-electron chi connectivity index (χ4n) is 4.55. The van der Waals surface area contributed by atoms with Crippen molar-refractivity contribution in [2.24, 2.45) is 0 Å². The number of hydrogen-bond donors (Lipinski definition) is 1. The first-order chi connectivity index (χ1) is 12.6. The van der Waals surface area contributed by atoms with Crippen molar-refractivity contribution in [3.8, 4) is 0 Å². The number of aliphatic hydroxyl groups excluding tert-OH is 1. The third-order valence-corrected chi connectivity index (χ3v) is 6.34. The number of nitrogens with zero attached hydrogens (tertiary/aromatic N) is 3. The largest absolute Gasteiger partial charge is 0.396 e. The second-order valence-corrected chi connectivity index (χ2v) is 8.56. The van der Waals surface area contributed by atoms with Crippen molar-refractivity contribution < 1.29 is 5.11 Å². The van der Waals surface area contributed by atoms with E-state index in [9.17, 15) is 5.11 Å². The zero-order valence-corrected chi connectivity index (χ0v) is 17.0. The quantitative estimate of drug-likeness (QED) is 0.822. The summed E-state index contributed by atoms with van der Waals surface area (Å²) >= 11 is 6.00. The van der Waals surface area contributed by atoms with Crippen LogP contribution in [0.5, 0.6) is 0 Å². The van der Waals surface area contributed by atoms with Gasteiger partial charge in [0.15, 0.2) is 0 Å². The van der Waals surface area contributed by atoms with Crippen molar-refractivity contribution in [3.05, 3.63) is 34.9 Å². The van der Waals surface area contributed by atoms with Gasteiger partial charge in [-0.25, -0.2) is 0 Å². The Kier molecular flexibility index (Phi) is 7.35. The summed E-state index contributed by atoms with van der Waals surface area (Å²) in [4.78, 5) is 7.82. The minimum atomic E-state index is 0.279. The number of likely N-dealkylation sites (tertiary alicyclic amines) is 1. The van der Waals surface area contributed by atoms with Crippen molar-refractivity contribution >= 4 is 11.6 Å². The zero-order valence-electron chi connectivity index (χ0n) is 16.3. The van der Waals surface area contributed by atoms with Gasteiger partial charge >= 0.3 is 0 Å². The smallest absolute Gasteiger partial charge is 0.0446 e. The van der Waals surface area contributed by atoms with Crippen molar-refractivity contribution in [2.75, 3.05) is 39.3 Å². The molecule has 0 aliphatic carbocycles. The lowest BCUT2D eigenvalue weighted by atomic mass is 9.97. The number of hydrogen-bond acceptors (Lipinski definition) is 4. The number of benzene rings is 1. The number of piperidine rings is 1. The highest BCUT2D eigenvalue weighted by Crippen LogP contribution is 2.25. The number of halogens is 1. The van der Waals surface area contributed by atoms with Crippen LogP contribution >= 0.6 is 11.6 Å². The molecule has 1 aromatic carbocycles. The average Bonchev–Trinajstić information content (AvgIpc) is 2.64. The molecule has 1 atom stereocenters. The van der Waals surface area contributed by atoms with Gasteiger partial charge in [-0.15, -0.1) is 0 Å². The molecule has 1 aromatic rings. The van der Waals surface area contributed by atoms with E-state index in [0.29, 0.717) is 18.1 Å². The van der Waals surface area contributed by atoms with E-state index in [2.05, 4.69) is 40.7 Å². The highest BCUT2D eigenvalue weighted by Gasteiger charge is 2.33. The first kappa shape index (κ1) is 20.1. The summed E-state index contributed by atoms with van der Waals surface area (Å²) in [6.45, 7) is 11.5. The van der Waals surface area contributed by atoms with E-state index in [4.69, 9.17) is 11.6 Å². The van der Waals surface area contributed by atoms with Gasteiger partial charge in [-0.2, -0.15) is 0 Å². The highest BCUT2D eigenvalue weighted by atomic mass is 35.5. The molecule has 4 nitrogen and oxygen atoms in total. The molecule has 0 aromatic heterocycles. The fourth-order valence-corrected chi connectivity index (χ4v) is 4.67. The van der Waals surface area contributed by atoms with Gasteiger partial charge in [0.05, 0.1) is 0 Å². The van der Waals surface area contributed by atoms with Crippen molar-refractivity contribution in [1.82, 2.24) is 14.7 Å². The standard InChI is InChI=1S/C21H34ClN3O/c1-17(2)24-10-7-20(8-11-24)25-13-12-23(16-21(25)9-14-26)15-18-3-5-19(22)6-4-18/h3-6,17,20-21,26H,7-16H2,1-2H3/t21-/m0/s1. The predicted molar refractivity (Wildman–Crippen MR) is 109 cm³/mol. The maximum absolute atomic E-state index is 9.59. The molecule has 0 amide bonds. The van der Waals surface area contributed by atoms with Crippen LogP contribution in [0.3, 0.4) is 0 Å². The minimum absolute atomic E-state index is 0.279. The van der Waals surface area contributed by atoms with Crippen molar-refractivity contribution in [1.29, 1.82) is 0 Å². The molecular formula is C21H34ClN3O. The van der Waals surface area contributed by atoms with Gasteiger partial charge in [-0.05, 0) is 63.9 Å². The van der Waals surface area contributed by atoms with Gasteiger partial charge in [0.2, 0.25) is 0 Å². The molecular weight excluding hydrogens is 346 g/mol. The van der Waals surface area contributed by atoms with E-state index in [1.165, 1.54) is 31.5 Å². The molecule has 146 valence electrons. The number of piperazine rings is 1. The second kappa shape index (κ2) is 9.52. The molecule has 2 aliphatic rings. The van der Waals surface area contributed by atoms with E-state index >= 15 is 0 Å². The molecule has 2 aliphatic heterocycles. The van der Waals surface area contributed by atoms with Crippen LogP contribution in [-0.4, -0.2) is 77.3 Å². The van der Waals surface area contributed by atoms with E-state index in [1.807, 2.05) is 12.1 Å². The van der Waals surface area contributed by atoms with Crippen LogP contribution in [0, 0.1) is 0 Å².